The summed E-state index contributed by atoms with van der Waals surface area (Å²) in [5.41, 5.74) is 5.55. The summed E-state index contributed by atoms with van der Waals surface area (Å²) in [6, 6.07) is 20.5. The smallest absolute Gasteiger partial charge is 0.126 e. The van der Waals surface area contributed by atoms with Crippen LogP contribution in [0.1, 0.15) is 23.6 Å². The summed E-state index contributed by atoms with van der Waals surface area (Å²) in [5.74, 6) is -0.129. The summed E-state index contributed by atoms with van der Waals surface area (Å²) >= 11 is 0. The zero-order valence-electron chi connectivity index (χ0n) is 14.0. The van der Waals surface area contributed by atoms with E-state index in [1.165, 1.54) is 33.4 Å². The molecule has 0 saturated carbocycles. The van der Waals surface area contributed by atoms with Gasteiger partial charge >= 0.3 is 0 Å². The zero-order chi connectivity index (χ0) is 16.7. The van der Waals surface area contributed by atoms with Crippen molar-refractivity contribution in [1.29, 1.82) is 0 Å². The highest BCUT2D eigenvalue weighted by molar-refractivity contribution is 6.08. The summed E-state index contributed by atoms with van der Waals surface area (Å²) in [6.07, 6.45) is 0.755. The third-order valence-corrected chi connectivity index (χ3v) is 4.93. The number of rotatable bonds is 3. The first-order chi connectivity index (χ1) is 11.7. The molecule has 0 N–H and O–H groups in total. The summed E-state index contributed by atoms with van der Waals surface area (Å²) in [4.78, 5) is 0. The molecule has 1 heterocycles. The van der Waals surface area contributed by atoms with Crippen molar-refractivity contribution in [3.05, 3.63) is 83.2 Å². The number of hydrogen-bond donors (Lipinski definition) is 0. The van der Waals surface area contributed by atoms with Gasteiger partial charge in [0.1, 0.15) is 5.82 Å². The Morgan fingerprint density at radius 1 is 0.875 bits per heavy atom. The average Bonchev–Trinajstić information content (AvgIpc) is 2.92. The molecule has 0 aliphatic heterocycles. The summed E-state index contributed by atoms with van der Waals surface area (Å²) in [7, 11) is 0. The third-order valence-electron chi connectivity index (χ3n) is 4.93. The Bertz CT molecular complexity index is 1040. The van der Waals surface area contributed by atoms with Gasteiger partial charge in [0.25, 0.3) is 0 Å². The lowest BCUT2D eigenvalue weighted by Gasteiger charge is -2.08. The van der Waals surface area contributed by atoms with Crippen LogP contribution in [-0.2, 0) is 13.0 Å². The topological polar surface area (TPSA) is 4.93 Å². The van der Waals surface area contributed by atoms with E-state index in [0.717, 1.165) is 24.1 Å². The lowest BCUT2D eigenvalue weighted by atomic mass is 9.99. The SMILES string of the molecule is CCn1c2ccccc2c2cc(Cc3cccc(F)c3C)ccc21. The standard InChI is InChI=1S/C22H20FN/c1-3-24-21-10-5-4-8-18(21)19-14-16(11-12-22(19)24)13-17-7-6-9-20(23)15(17)2/h4-12,14H,3,13H2,1-2H3. The van der Waals surface area contributed by atoms with Crippen LogP contribution in [-0.4, -0.2) is 4.57 Å². The Labute approximate surface area is 141 Å². The second-order valence-electron chi connectivity index (χ2n) is 6.31. The van der Waals surface area contributed by atoms with Crippen LogP contribution in [0.25, 0.3) is 21.8 Å². The third kappa shape index (κ3) is 2.30. The summed E-state index contributed by atoms with van der Waals surface area (Å²) in [6.45, 7) is 4.98. The zero-order valence-corrected chi connectivity index (χ0v) is 14.0. The quantitative estimate of drug-likeness (QED) is 0.446. The minimum absolute atomic E-state index is 0.129. The number of benzene rings is 3. The van der Waals surface area contributed by atoms with Gasteiger partial charge < -0.3 is 4.57 Å². The van der Waals surface area contributed by atoms with Crippen molar-refractivity contribution >= 4 is 21.8 Å². The van der Waals surface area contributed by atoms with Crippen LogP contribution in [0, 0.1) is 12.7 Å². The number of hydrogen-bond acceptors (Lipinski definition) is 0. The van der Waals surface area contributed by atoms with Crippen molar-refractivity contribution in [2.45, 2.75) is 26.8 Å². The van der Waals surface area contributed by atoms with Crippen molar-refractivity contribution in [2.75, 3.05) is 0 Å². The Morgan fingerprint density at radius 2 is 1.67 bits per heavy atom. The van der Waals surface area contributed by atoms with E-state index in [1.54, 1.807) is 6.07 Å². The average molecular weight is 317 g/mol. The Hall–Kier alpha value is -2.61. The lowest BCUT2D eigenvalue weighted by Crippen LogP contribution is -1.95. The van der Waals surface area contributed by atoms with E-state index >= 15 is 0 Å². The van der Waals surface area contributed by atoms with E-state index in [9.17, 15) is 4.39 Å². The highest BCUT2D eigenvalue weighted by Gasteiger charge is 2.11. The number of aromatic nitrogens is 1. The Morgan fingerprint density at radius 3 is 2.50 bits per heavy atom. The number of para-hydroxylation sites is 1. The van der Waals surface area contributed by atoms with Gasteiger partial charge in [-0.25, -0.2) is 4.39 Å². The second kappa shape index (κ2) is 5.79. The molecule has 1 aromatic heterocycles. The monoisotopic (exact) mass is 317 g/mol. The van der Waals surface area contributed by atoms with Gasteiger partial charge in [-0.2, -0.15) is 0 Å². The predicted octanol–water partition coefficient (Wildman–Crippen LogP) is 5.85. The van der Waals surface area contributed by atoms with Gasteiger partial charge in [0.05, 0.1) is 0 Å². The fourth-order valence-corrected chi connectivity index (χ4v) is 3.62. The molecule has 0 aliphatic carbocycles. The maximum atomic E-state index is 13.8. The molecule has 0 bridgehead atoms. The van der Waals surface area contributed by atoms with Crippen LogP contribution >= 0.6 is 0 Å². The lowest BCUT2D eigenvalue weighted by molar-refractivity contribution is 0.616. The highest BCUT2D eigenvalue weighted by atomic mass is 19.1. The number of fused-ring (bicyclic) bond motifs is 3. The van der Waals surface area contributed by atoms with Crippen LogP contribution in [0.3, 0.4) is 0 Å². The van der Waals surface area contributed by atoms with E-state index in [2.05, 4.69) is 54.0 Å². The molecular formula is C22H20FN. The number of aryl methyl sites for hydroxylation is 1. The predicted molar refractivity (Wildman–Crippen MR) is 99.1 cm³/mol. The number of halogens is 1. The maximum absolute atomic E-state index is 13.8. The maximum Gasteiger partial charge on any atom is 0.126 e. The molecule has 0 aliphatic rings. The first kappa shape index (κ1) is 14.9. The molecule has 3 aromatic carbocycles. The van der Waals surface area contributed by atoms with Crippen LogP contribution in [0.5, 0.6) is 0 Å². The minimum atomic E-state index is -0.129. The van der Waals surface area contributed by atoms with Crippen LogP contribution in [0.15, 0.2) is 60.7 Å². The second-order valence-corrected chi connectivity index (χ2v) is 6.31. The molecule has 120 valence electrons. The van der Waals surface area contributed by atoms with Crippen molar-refractivity contribution in [3.8, 4) is 0 Å². The first-order valence-electron chi connectivity index (χ1n) is 8.43. The van der Waals surface area contributed by atoms with Gasteiger partial charge in [-0.15, -0.1) is 0 Å². The van der Waals surface area contributed by atoms with Crippen molar-refractivity contribution in [3.63, 3.8) is 0 Å². The van der Waals surface area contributed by atoms with Crippen LogP contribution in [0.2, 0.25) is 0 Å². The Kier molecular flexibility index (Phi) is 3.61. The largest absolute Gasteiger partial charge is 0.341 e. The molecule has 0 amide bonds. The summed E-state index contributed by atoms with van der Waals surface area (Å²) in [5, 5.41) is 2.56. The van der Waals surface area contributed by atoms with Crippen molar-refractivity contribution in [2.24, 2.45) is 0 Å². The van der Waals surface area contributed by atoms with Crippen molar-refractivity contribution < 1.29 is 4.39 Å². The molecule has 0 unspecified atom stereocenters. The molecule has 1 nitrogen and oxygen atoms in total. The van der Waals surface area contributed by atoms with Gasteiger partial charge in [0.2, 0.25) is 0 Å². The molecule has 24 heavy (non-hydrogen) atoms. The normalized spacial score (nSPS) is 11.5. The first-order valence-corrected chi connectivity index (χ1v) is 8.43. The molecule has 0 atom stereocenters. The van der Waals surface area contributed by atoms with Crippen LogP contribution < -0.4 is 0 Å². The molecule has 0 saturated heterocycles. The molecule has 0 fully saturated rings. The van der Waals surface area contributed by atoms with Crippen LogP contribution in [0.4, 0.5) is 4.39 Å². The van der Waals surface area contributed by atoms with Crippen molar-refractivity contribution in [1.82, 2.24) is 4.57 Å². The van der Waals surface area contributed by atoms with E-state index in [0.29, 0.717) is 0 Å². The molecule has 4 rings (SSSR count). The van der Waals surface area contributed by atoms with E-state index in [4.69, 9.17) is 0 Å². The van der Waals surface area contributed by atoms with E-state index in [1.807, 2.05) is 13.0 Å². The minimum Gasteiger partial charge on any atom is -0.341 e. The number of nitrogens with zero attached hydrogens (tertiary/aromatic N) is 1. The van der Waals surface area contributed by atoms with Gasteiger partial charge in [0, 0.05) is 28.4 Å². The fraction of sp³-hybridized carbons (Fsp3) is 0.182. The van der Waals surface area contributed by atoms with Gasteiger partial charge in [-0.05, 0) is 61.2 Å². The molecular weight excluding hydrogens is 297 g/mol. The van der Waals surface area contributed by atoms with Gasteiger partial charge in [-0.1, -0.05) is 36.4 Å². The molecule has 0 radical (unpaired) electrons. The molecule has 4 aromatic rings. The highest BCUT2D eigenvalue weighted by Crippen LogP contribution is 2.30. The molecule has 0 spiro atoms. The van der Waals surface area contributed by atoms with E-state index < -0.39 is 0 Å². The summed E-state index contributed by atoms with van der Waals surface area (Å²) < 4.78 is 16.1. The van der Waals surface area contributed by atoms with Gasteiger partial charge in [0.15, 0.2) is 0 Å². The molecule has 2 heteroatoms. The van der Waals surface area contributed by atoms with Gasteiger partial charge in [-0.3, -0.25) is 0 Å². The van der Waals surface area contributed by atoms with E-state index in [-0.39, 0.29) is 5.82 Å². The fourth-order valence-electron chi connectivity index (χ4n) is 3.62. The Balaban J connectivity index is 1.87.